The van der Waals surface area contributed by atoms with Crippen LogP contribution in [0, 0.1) is 0 Å². The lowest BCUT2D eigenvalue weighted by atomic mass is 10.2. The summed E-state index contributed by atoms with van der Waals surface area (Å²) in [6.45, 7) is 3.98. The number of nitrogens with one attached hydrogen (secondary N) is 1. The Morgan fingerprint density at radius 1 is 1.20 bits per heavy atom. The lowest BCUT2D eigenvalue weighted by Gasteiger charge is -2.22. The number of carbonyl (C=O) groups is 2. The Balaban J connectivity index is 1.71. The van der Waals surface area contributed by atoms with E-state index in [1.54, 1.807) is 4.90 Å². The molecule has 1 unspecified atom stereocenters. The van der Waals surface area contributed by atoms with Gasteiger partial charge in [-0.1, -0.05) is 0 Å². The van der Waals surface area contributed by atoms with Crippen LogP contribution in [0.15, 0.2) is 0 Å². The maximum Gasteiger partial charge on any atom is 0.317 e. The first-order valence-corrected chi connectivity index (χ1v) is 7.23. The summed E-state index contributed by atoms with van der Waals surface area (Å²) in [4.78, 5) is 26.4. The fraction of sp³-hybridized carbons (Fsp3) is 0.846. The smallest absolute Gasteiger partial charge is 0.317 e. The first-order valence-electron chi connectivity index (χ1n) is 7.23. The summed E-state index contributed by atoms with van der Waals surface area (Å²) < 4.78 is 5.47. The summed E-state index contributed by atoms with van der Waals surface area (Å²) in [7, 11) is 0. The van der Waals surface area contributed by atoms with E-state index >= 15 is 0 Å². The van der Waals surface area contributed by atoms with Crippen molar-refractivity contribution in [2.75, 3.05) is 45.9 Å². The third kappa shape index (κ3) is 4.64. The van der Waals surface area contributed by atoms with Crippen LogP contribution in [-0.2, 0) is 9.53 Å². The number of urea groups is 1. The van der Waals surface area contributed by atoms with Gasteiger partial charge in [-0.3, -0.25) is 9.69 Å². The van der Waals surface area contributed by atoms with Gasteiger partial charge in [-0.2, -0.15) is 0 Å². The molecular formula is C13H23N3O4. The number of hydrogen-bond donors (Lipinski definition) is 2. The van der Waals surface area contributed by atoms with Crippen LogP contribution in [0.4, 0.5) is 4.79 Å². The van der Waals surface area contributed by atoms with Gasteiger partial charge in [-0.05, 0) is 19.3 Å². The molecule has 2 fully saturated rings. The van der Waals surface area contributed by atoms with E-state index in [2.05, 4.69) is 5.32 Å². The van der Waals surface area contributed by atoms with Gasteiger partial charge >= 0.3 is 12.0 Å². The van der Waals surface area contributed by atoms with Crippen molar-refractivity contribution in [2.45, 2.75) is 25.4 Å². The summed E-state index contributed by atoms with van der Waals surface area (Å²) in [5, 5.41) is 11.7. The maximum absolute atomic E-state index is 12.1. The molecule has 0 bridgehead atoms. The molecule has 7 heteroatoms. The van der Waals surface area contributed by atoms with Crippen LogP contribution in [-0.4, -0.2) is 78.9 Å². The van der Waals surface area contributed by atoms with Gasteiger partial charge in [-0.25, -0.2) is 4.79 Å². The molecule has 0 aromatic rings. The van der Waals surface area contributed by atoms with E-state index < -0.39 is 5.97 Å². The molecule has 2 amide bonds. The normalized spacial score (nSPS) is 24.4. The predicted molar refractivity (Wildman–Crippen MR) is 72.6 cm³/mol. The number of nitrogens with zero attached hydrogens (tertiary/aromatic N) is 2. The molecule has 2 rings (SSSR count). The van der Waals surface area contributed by atoms with Gasteiger partial charge in [0.1, 0.15) is 0 Å². The summed E-state index contributed by atoms with van der Waals surface area (Å²) in [5.74, 6) is -0.818. The number of amides is 2. The third-order valence-electron chi connectivity index (χ3n) is 3.74. The SMILES string of the molecule is O=C(O)CN1CCCN(C(=O)NCC2CCCO2)CC1. The van der Waals surface area contributed by atoms with Crippen molar-refractivity contribution in [3.63, 3.8) is 0 Å². The average Bonchev–Trinajstić information content (AvgIpc) is 2.82. The molecule has 0 radical (unpaired) electrons. The Hall–Kier alpha value is -1.34. The predicted octanol–water partition coefficient (Wildman–Crippen LogP) is -0.0327. The Labute approximate surface area is 118 Å². The molecule has 2 N–H and O–H groups in total. The Morgan fingerprint density at radius 2 is 2.05 bits per heavy atom. The second-order valence-corrected chi connectivity index (χ2v) is 5.33. The van der Waals surface area contributed by atoms with Crippen molar-refractivity contribution < 1.29 is 19.4 Å². The molecule has 20 heavy (non-hydrogen) atoms. The average molecular weight is 285 g/mol. The van der Waals surface area contributed by atoms with Crippen LogP contribution in [0.1, 0.15) is 19.3 Å². The number of carbonyl (C=O) groups excluding carboxylic acids is 1. The molecule has 114 valence electrons. The van der Waals surface area contributed by atoms with Crippen LogP contribution in [0.3, 0.4) is 0 Å². The standard InChI is InChI=1S/C13H23N3O4/c17-12(18)10-15-4-2-5-16(7-6-15)13(19)14-9-11-3-1-8-20-11/h11H,1-10H2,(H,14,19)(H,17,18). The number of carboxylic acids is 1. The monoisotopic (exact) mass is 285 g/mol. The highest BCUT2D eigenvalue weighted by Gasteiger charge is 2.22. The number of hydrogen-bond acceptors (Lipinski definition) is 4. The lowest BCUT2D eigenvalue weighted by molar-refractivity contribution is -0.138. The second-order valence-electron chi connectivity index (χ2n) is 5.33. The first kappa shape index (κ1) is 15.1. The van der Waals surface area contributed by atoms with Crippen molar-refractivity contribution in [2.24, 2.45) is 0 Å². The topological polar surface area (TPSA) is 82.1 Å². The zero-order valence-corrected chi connectivity index (χ0v) is 11.7. The maximum atomic E-state index is 12.1. The lowest BCUT2D eigenvalue weighted by Crippen LogP contribution is -2.44. The highest BCUT2D eigenvalue weighted by molar-refractivity contribution is 5.74. The number of aliphatic carboxylic acids is 1. The fourth-order valence-electron chi connectivity index (χ4n) is 2.64. The molecule has 0 aromatic heterocycles. The van der Waals surface area contributed by atoms with E-state index in [0.29, 0.717) is 26.2 Å². The molecule has 7 nitrogen and oxygen atoms in total. The molecule has 2 saturated heterocycles. The quantitative estimate of drug-likeness (QED) is 0.758. The van der Waals surface area contributed by atoms with Crippen LogP contribution in [0.2, 0.25) is 0 Å². The van der Waals surface area contributed by atoms with Crippen molar-refractivity contribution in [3.8, 4) is 0 Å². The Kier molecular flexibility index (Phi) is 5.60. The van der Waals surface area contributed by atoms with E-state index in [9.17, 15) is 9.59 Å². The van der Waals surface area contributed by atoms with Crippen molar-refractivity contribution in [1.29, 1.82) is 0 Å². The summed E-state index contributed by atoms with van der Waals surface area (Å²) in [6.07, 6.45) is 3.02. The van der Waals surface area contributed by atoms with Crippen LogP contribution in [0.25, 0.3) is 0 Å². The van der Waals surface area contributed by atoms with Crippen LogP contribution < -0.4 is 5.32 Å². The molecule has 2 aliphatic heterocycles. The van der Waals surface area contributed by atoms with Crippen LogP contribution >= 0.6 is 0 Å². The number of carboxylic acid groups (broad SMARTS) is 1. The zero-order chi connectivity index (χ0) is 14.4. The second kappa shape index (κ2) is 7.44. The summed E-state index contributed by atoms with van der Waals surface area (Å²) in [5.41, 5.74) is 0. The van der Waals surface area contributed by atoms with Crippen molar-refractivity contribution in [3.05, 3.63) is 0 Å². The number of ether oxygens (including phenoxy) is 1. The summed E-state index contributed by atoms with van der Waals surface area (Å²) in [6, 6.07) is -0.0716. The number of rotatable bonds is 4. The van der Waals surface area contributed by atoms with Gasteiger partial charge in [-0.15, -0.1) is 0 Å². The van der Waals surface area contributed by atoms with E-state index in [1.165, 1.54) is 0 Å². The van der Waals surface area contributed by atoms with E-state index in [1.807, 2.05) is 4.90 Å². The van der Waals surface area contributed by atoms with Gasteiger partial charge in [0.05, 0.1) is 12.6 Å². The third-order valence-corrected chi connectivity index (χ3v) is 3.74. The van der Waals surface area contributed by atoms with Gasteiger partial charge in [0.15, 0.2) is 0 Å². The molecule has 2 aliphatic rings. The van der Waals surface area contributed by atoms with Crippen molar-refractivity contribution in [1.82, 2.24) is 15.1 Å². The van der Waals surface area contributed by atoms with Gasteiger partial charge in [0.25, 0.3) is 0 Å². The van der Waals surface area contributed by atoms with Crippen molar-refractivity contribution >= 4 is 12.0 Å². The Morgan fingerprint density at radius 3 is 2.75 bits per heavy atom. The molecule has 0 saturated carbocycles. The van der Waals surface area contributed by atoms with Gasteiger partial charge < -0.3 is 20.1 Å². The van der Waals surface area contributed by atoms with E-state index in [4.69, 9.17) is 9.84 Å². The van der Waals surface area contributed by atoms with E-state index in [0.717, 1.165) is 32.4 Å². The highest BCUT2D eigenvalue weighted by Crippen LogP contribution is 2.11. The van der Waals surface area contributed by atoms with Gasteiger partial charge in [0, 0.05) is 39.3 Å². The molecule has 0 spiro atoms. The van der Waals surface area contributed by atoms with Gasteiger partial charge in [0.2, 0.25) is 0 Å². The largest absolute Gasteiger partial charge is 0.480 e. The molecule has 2 heterocycles. The zero-order valence-electron chi connectivity index (χ0n) is 11.7. The highest BCUT2D eigenvalue weighted by atomic mass is 16.5. The fourth-order valence-corrected chi connectivity index (χ4v) is 2.64. The van der Waals surface area contributed by atoms with E-state index in [-0.39, 0.29) is 18.7 Å². The minimum Gasteiger partial charge on any atom is -0.480 e. The molecule has 0 aromatic carbocycles. The van der Waals surface area contributed by atoms with Crippen LogP contribution in [0.5, 0.6) is 0 Å². The Bertz CT molecular complexity index is 345. The first-order chi connectivity index (χ1) is 9.65. The minimum atomic E-state index is -0.818. The molecule has 1 atom stereocenters. The minimum absolute atomic E-state index is 0.0470. The molecule has 0 aliphatic carbocycles. The molecular weight excluding hydrogens is 262 g/mol. The summed E-state index contributed by atoms with van der Waals surface area (Å²) >= 11 is 0.